The third-order valence-corrected chi connectivity index (χ3v) is 5.16. The van der Waals surface area contributed by atoms with E-state index in [2.05, 4.69) is 15.2 Å². The number of nitrogen functional groups attached to an aromatic ring is 1. The lowest BCUT2D eigenvalue weighted by Crippen LogP contribution is -2.22. The molecule has 0 aliphatic carbocycles. The number of carbonyl (C=O) groups excluding carboxylic acids is 2. The lowest BCUT2D eigenvalue weighted by atomic mass is 9.96. The van der Waals surface area contributed by atoms with Crippen LogP contribution in [0.4, 0.5) is 23.3 Å². The van der Waals surface area contributed by atoms with Gasteiger partial charge in [-0.15, -0.1) is 10.2 Å². The monoisotopic (exact) mass is 449 g/mol. The molecule has 2 N–H and O–H groups in total. The van der Waals surface area contributed by atoms with Gasteiger partial charge in [-0.2, -0.15) is 0 Å². The molecule has 33 heavy (non-hydrogen) atoms. The number of benzene rings is 2. The van der Waals surface area contributed by atoms with Gasteiger partial charge in [-0.1, -0.05) is 0 Å². The number of nitro groups is 2. The summed E-state index contributed by atoms with van der Waals surface area (Å²) in [7, 11) is 0. The number of rotatable bonds is 8. The Morgan fingerprint density at radius 3 is 1.91 bits per heavy atom. The summed E-state index contributed by atoms with van der Waals surface area (Å²) in [6, 6.07) is 9.59. The molecule has 4 rings (SSSR count). The Kier molecular flexibility index (Phi) is 5.44. The average molecular weight is 449 g/mol. The van der Waals surface area contributed by atoms with Gasteiger partial charge in [0.1, 0.15) is 0 Å². The molecule has 2 heterocycles. The minimum Gasteiger partial charge on any atom is -0.368 e. The fourth-order valence-electron chi connectivity index (χ4n) is 3.49. The Morgan fingerprint density at radius 1 is 0.879 bits per heavy atom. The number of aliphatic imine (C=N–C) groups is 1. The van der Waals surface area contributed by atoms with Crippen LogP contribution in [0.1, 0.15) is 39.6 Å². The van der Waals surface area contributed by atoms with Crippen molar-refractivity contribution in [2.24, 2.45) is 4.99 Å². The minimum atomic E-state index is -0.723. The molecule has 13 heteroatoms. The van der Waals surface area contributed by atoms with Gasteiger partial charge in [0.05, 0.1) is 28.0 Å². The molecule has 0 saturated heterocycles. The van der Waals surface area contributed by atoms with Gasteiger partial charge in [0.2, 0.25) is 5.95 Å². The van der Waals surface area contributed by atoms with Gasteiger partial charge in [0, 0.05) is 41.8 Å². The van der Waals surface area contributed by atoms with E-state index in [-0.39, 0.29) is 58.8 Å². The van der Waals surface area contributed by atoms with Crippen molar-refractivity contribution >= 4 is 40.5 Å². The van der Waals surface area contributed by atoms with E-state index in [1.807, 2.05) is 0 Å². The number of carbonyl (C=O) groups is 2. The number of nitro benzene ring substituents is 2. The molecule has 3 aromatic rings. The number of nitrogens with two attached hydrogens (primary N) is 1. The lowest BCUT2D eigenvalue weighted by Gasteiger charge is -2.15. The molecule has 1 atom stereocenters. The largest absolute Gasteiger partial charge is 0.368 e. The highest BCUT2D eigenvalue weighted by molar-refractivity contribution is 6.13. The minimum absolute atomic E-state index is 0.0213. The first-order valence-corrected chi connectivity index (χ1v) is 9.57. The number of hydrogen-bond acceptors (Lipinski definition) is 10. The molecule has 0 amide bonds. The summed E-state index contributed by atoms with van der Waals surface area (Å²) in [5.74, 6) is -0.520. The van der Waals surface area contributed by atoms with Crippen LogP contribution in [0.3, 0.4) is 0 Å². The second kappa shape index (κ2) is 8.37. The molecule has 0 spiro atoms. The molecule has 2 aromatic carbocycles. The van der Waals surface area contributed by atoms with Crippen LogP contribution in [-0.4, -0.2) is 41.9 Å². The maximum Gasteiger partial charge on any atom is 0.269 e. The standard InChI is InChI=1S/C20H15N7O6/c21-19-23-24-20-22-15(9-17(28)11-1-5-13(6-2-11)26(30)31)16(25(19)20)10-18(29)12-3-7-14(8-4-12)27(32)33/h1-8,16H,9-10H2,(H2,21,23)/t16-/m0/s1. The molecular weight excluding hydrogens is 434 g/mol. The zero-order chi connectivity index (χ0) is 23.7. The number of ketones is 2. The maximum atomic E-state index is 12.9. The second-order valence-corrected chi connectivity index (χ2v) is 7.18. The number of aromatic nitrogens is 3. The van der Waals surface area contributed by atoms with Gasteiger partial charge in [0.25, 0.3) is 17.3 Å². The number of anilines is 1. The molecule has 0 radical (unpaired) electrons. The third kappa shape index (κ3) is 4.19. The normalized spacial score (nSPS) is 14.4. The second-order valence-electron chi connectivity index (χ2n) is 7.18. The van der Waals surface area contributed by atoms with E-state index < -0.39 is 15.9 Å². The van der Waals surface area contributed by atoms with Crippen molar-refractivity contribution in [1.82, 2.24) is 14.8 Å². The molecule has 0 bridgehead atoms. The van der Waals surface area contributed by atoms with Crippen molar-refractivity contribution in [1.29, 1.82) is 0 Å². The zero-order valence-electron chi connectivity index (χ0n) is 16.8. The Bertz CT molecular complexity index is 1310. The average Bonchev–Trinajstić information content (AvgIpc) is 3.33. The summed E-state index contributed by atoms with van der Waals surface area (Å²) < 4.78 is 1.45. The van der Waals surface area contributed by atoms with E-state index in [4.69, 9.17) is 5.73 Å². The van der Waals surface area contributed by atoms with Crippen LogP contribution >= 0.6 is 0 Å². The van der Waals surface area contributed by atoms with E-state index in [0.717, 1.165) is 0 Å². The highest BCUT2D eigenvalue weighted by Crippen LogP contribution is 2.34. The fraction of sp³-hybridized carbons (Fsp3) is 0.150. The Hall–Kier alpha value is -4.81. The zero-order valence-corrected chi connectivity index (χ0v) is 16.8. The lowest BCUT2D eigenvalue weighted by molar-refractivity contribution is -0.385. The van der Waals surface area contributed by atoms with Crippen molar-refractivity contribution in [2.75, 3.05) is 5.73 Å². The summed E-state index contributed by atoms with van der Waals surface area (Å²) in [5, 5.41) is 29.2. The summed E-state index contributed by atoms with van der Waals surface area (Å²) in [6.45, 7) is 0. The van der Waals surface area contributed by atoms with Gasteiger partial charge in [-0.05, 0) is 24.3 Å². The van der Waals surface area contributed by atoms with Crippen molar-refractivity contribution < 1.29 is 19.4 Å². The van der Waals surface area contributed by atoms with Crippen LogP contribution in [0.15, 0.2) is 53.5 Å². The highest BCUT2D eigenvalue weighted by atomic mass is 16.6. The Labute approximate surface area is 184 Å². The van der Waals surface area contributed by atoms with E-state index in [0.29, 0.717) is 5.71 Å². The van der Waals surface area contributed by atoms with Gasteiger partial charge in [0.15, 0.2) is 11.6 Å². The molecular formula is C20H15N7O6. The first kappa shape index (κ1) is 21.4. The van der Waals surface area contributed by atoms with Crippen LogP contribution < -0.4 is 5.73 Å². The van der Waals surface area contributed by atoms with Crippen LogP contribution in [0.2, 0.25) is 0 Å². The summed E-state index contributed by atoms with van der Waals surface area (Å²) in [4.78, 5) is 50.4. The van der Waals surface area contributed by atoms with E-state index in [1.165, 1.54) is 53.1 Å². The Morgan fingerprint density at radius 2 is 1.39 bits per heavy atom. The van der Waals surface area contributed by atoms with Gasteiger partial charge in [-0.3, -0.25) is 34.4 Å². The molecule has 0 unspecified atom stereocenters. The Balaban J connectivity index is 1.56. The highest BCUT2D eigenvalue weighted by Gasteiger charge is 2.33. The number of Topliss-reactive ketones (excluding diaryl/α,β-unsaturated/α-hetero) is 2. The molecule has 13 nitrogen and oxygen atoms in total. The SMILES string of the molecule is Nc1nnc2n1[C@@H](CC(=O)c1ccc([N+](=O)[O-])cc1)C(CC(=O)c1ccc([N+](=O)[O-])cc1)=N2. The van der Waals surface area contributed by atoms with E-state index >= 15 is 0 Å². The van der Waals surface area contributed by atoms with Crippen LogP contribution in [0.5, 0.6) is 0 Å². The molecule has 1 aliphatic heterocycles. The molecule has 1 aliphatic rings. The topological polar surface area (TPSA) is 190 Å². The van der Waals surface area contributed by atoms with Gasteiger partial charge in [-0.25, -0.2) is 4.99 Å². The van der Waals surface area contributed by atoms with E-state index in [1.54, 1.807) is 0 Å². The number of non-ortho nitro benzene ring substituents is 2. The van der Waals surface area contributed by atoms with Gasteiger partial charge < -0.3 is 5.73 Å². The predicted octanol–water partition coefficient (Wildman–Crippen LogP) is 2.85. The van der Waals surface area contributed by atoms with Crippen LogP contribution in [0.25, 0.3) is 0 Å². The van der Waals surface area contributed by atoms with E-state index in [9.17, 15) is 29.8 Å². The smallest absolute Gasteiger partial charge is 0.269 e. The van der Waals surface area contributed by atoms with Crippen molar-refractivity contribution in [2.45, 2.75) is 18.9 Å². The molecule has 0 saturated carbocycles. The quantitative estimate of drug-likeness (QED) is 0.306. The molecule has 0 fully saturated rings. The summed E-state index contributed by atoms with van der Waals surface area (Å²) in [5.41, 5.74) is 6.43. The first-order valence-electron chi connectivity index (χ1n) is 9.57. The number of hydrogen-bond donors (Lipinski definition) is 1. The molecule has 166 valence electrons. The van der Waals surface area contributed by atoms with Crippen LogP contribution in [-0.2, 0) is 0 Å². The summed E-state index contributed by atoms with van der Waals surface area (Å²) >= 11 is 0. The summed E-state index contributed by atoms with van der Waals surface area (Å²) in [6.07, 6.45) is -0.293. The first-order chi connectivity index (χ1) is 15.7. The third-order valence-electron chi connectivity index (χ3n) is 5.16. The molecule has 1 aromatic heterocycles. The maximum absolute atomic E-state index is 12.9. The predicted molar refractivity (Wildman–Crippen MR) is 115 cm³/mol. The van der Waals surface area contributed by atoms with Crippen molar-refractivity contribution in [3.8, 4) is 0 Å². The number of nitrogens with zero attached hydrogens (tertiary/aromatic N) is 6. The van der Waals surface area contributed by atoms with Crippen molar-refractivity contribution in [3.05, 3.63) is 79.9 Å². The van der Waals surface area contributed by atoms with Crippen LogP contribution in [0, 0.1) is 20.2 Å². The fourth-order valence-corrected chi connectivity index (χ4v) is 3.49. The van der Waals surface area contributed by atoms with Crippen molar-refractivity contribution in [3.63, 3.8) is 0 Å². The van der Waals surface area contributed by atoms with Gasteiger partial charge >= 0.3 is 0 Å². The number of fused-ring (bicyclic) bond motifs is 1.